The normalized spacial score (nSPS) is 12.7. The van der Waals surface area contributed by atoms with E-state index >= 15 is 0 Å². The van der Waals surface area contributed by atoms with Crippen LogP contribution in [0.2, 0.25) is 0 Å². The fourth-order valence-corrected chi connectivity index (χ4v) is 3.25. The lowest BCUT2D eigenvalue weighted by molar-refractivity contribution is -0.146. The van der Waals surface area contributed by atoms with Crippen LogP contribution in [0.1, 0.15) is 20.3 Å². The summed E-state index contributed by atoms with van der Waals surface area (Å²) in [5.74, 6) is -0.657. The lowest BCUT2D eigenvalue weighted by atomic mass is 9.99. The van der Waals surface area contributed by atoms with E-state index in [1.165, 1.54) is 13.2 Å². The molecule has 1 heterocycles. The molecule has 7 nitrogen and oxygen atoms in total. The molecule has 0 bridgehead atoms. The molecule has 0 radical (unpaired) electrons. The summed E-state index contributed by atoms with van der Waals surface area (Å²) in [6, 6.07) is 15.3. The third kappa shape index (κ3) is 5.31. The number of ether oxygens (including phenoxy) is 2. The van der Waals surface area contributed by atoms with Crippen LogP contribution in [-0.4, -0.2) is 31.6 Å². The van der Waals surface area contributed by atoms with Gasteiger partial charge in [-0.15, -0.1) is 0 Å². The highest BCUT2D eigenvalue weighted by molar-refractivity contribution is 5.93. The maximum Gasteiger partial charge on any atom is 0.336 e. The Morgan fingerprint density at radius 1 is 1.10 bits per heavy atom. The zero-order valence-electron chi connectivity index (χ0n) is 17.7. The van der Waals surface area contributed by atoms with E-state index in [-0.39, 0.29) is 12.5 Å². The topological polar surface area (TPSA) is 94.8 Å². The van der Waals surface area contributed by atoms with Crippen molar-refractivity contribution in [2.45, 2.75) is 26.3 Å². The van der Waals surface area contributed by atoms with Gasteiger partial charge in [0.1, 0.15) is 17.4 Å². The van der Waals surface area contributed by atoms with Crippen molar-refractivity contribution in [3.05, 3.63) is 65.0 Å². The Morgan fingerprint density at radius 2 is 1.84 bits per heavy atom. The predicted octanol–water partition coefficient (Wildman–Crippen LogP) is 3.54. The number of benzene rings is 2. The summed E-state index contributed by atoms with van der Waals surface area (Å²) >= 11 is 0. The van der Waals surface area contributed by atoms with Crippen molar-refractivity contribution in [2.75, 3.05) is 13.7 Å². The van der Waals surface area contributed by atoms with Gasteiger partial charge in [-0.1, -0.05) is 50.6 Å². The standard InChI is InChI=1S/C24H25NO6/c1-4-15(2)23(24(28)29-3)25-21(26)14-30-17-10-11-18-19(16-8-6-5-7-9-16)13-22(27)31-20(18)12-17/h5-13,15,23H,4,14H2,1-3H3,(H,25,26)/t15-,23+/m1/s1. The van der Waals surface area contributed by atoms with E-state index in [4.69, 9.17) is 13.9 Å². The second-order valence-electron chi connectivity index (χ2n) is 7.25. The highest BCUT2D eigenvalue weighted by Crippen LogP contribution is 2.29. The van der Waals surface area contributed by atoms with Crippen molar-refractivity contribution in [3.8, 4) is 16.9 Å². The minimum absolute atomic E-state index is 0.0808. The number of esters is 1. The molecule has 1 amide bonds. The number of carbonyl (C=O) groups excluding carboxylic acids is 2. The van der Waals surface area contributed by atoms with Crippen molar-refractivity contribution in [2.24, 2.45) is 5.92 Å². The number of nitrogens with one attached hydrogen (secondary N) is 1. The quantitative estimate of drug-likeness (QED) is 0.440. The van der Waals surface area contributed by atoms with E-state index in [1.807, 2.05) is 44.2 Å². The molecule has 3 aromatic rings. The molecule has 3 rings (SSSR count). The first-order valence-corrected chi connectivity index (χ1v) is 10.1. The zero-order valence-corrected chi connectivity index (χ0v) is 17.7. The number of fused-ring (bicyclic) bond motifs is 1. The average molecular weight is 423 g/mol. The van der Waals surface area contributed by atoms with Crippen LogP contribution in [0, 0.1) is 5.92 Å². The largest absolute Gasteiger partial charge is 0.484 e. The number of hydrogen-bond acceptors (Lipinski definition) is 6. The first kappa shape index (κ1) is 22.1. The third-order valence-corrected chi connectivity index (χ3v) is 5.16. The summed E-state index contributed by atoms with van der Waals surface area (Å²) in [4.78, 5) is 36.3. The number of rotatable bonds is 8. The molecule has 2 aromatic carbocycles. The molecule has 7 heteroatoms. The van der Waals surface area contributed by atoms with Crippen molar-refractivity contribution in [1.29, 1.82) is 0 Å². The summed E-state index contributed by atoms with van der Waals surface area (Å²) in [6.07, 6.45) is 0.703. The van der Waals surface area contributed by atoms with Gasteiger partial charge in [0.2, 0.25) is 0 Å². The van der Waals surface area contributed by atoms with Gasteiger partial charge in [-0.2, -0.15) is 0 Å². The molecule has 162 valence electrons. The van der Waals surface area contributed by atoms with Gasteiger partial charge in [-0.05, 0) is 29.2 Å². The molecule has 0 aliphatic carbocycles. The summed E-state index contributed by atoms with van der Waals surface area (Å²) in [7, 11) is 1.28. The SMILES string of the molecule is CC[C@@H](C)[C@H](NC(=O)COc1ccc2c(-c3ccccc3)cc(=O)oc2c1)C(=O)OC. The van der Waals surface area contributed by atoms with E-state index in [0.717, 1.165) is 16.5 Å². The van der Waals surface area contributed by atoms with E-state index in [2.05, 4.69) is 5.32 Å². The molecule has 0 aliphatic heterocycles. The van der Waals surface area contributed by atoms with Crippen LogP contribution >= 0.6 is 0 Å². The van der Waals surface area contributed by atoms with E-state index in [0.29, 0.717) is 17.8 Å². The molecule has 31 heavy (non-hydrogen) atoms. The number of carbonyl (C=O) groups is 2. The number of hydrogen-bond donors (Lipinski definition) is 1. The first-order valence-electron chi connectivity index (χ1n) is 10.1. The van der Waals surface area contributed by atoms with E-state index < -0.39 is 23.5 Å². The van der Waals surface area contributed by atoms with Gasteiger partial charge in [0.05, 0.1) is 7.11 Å². The molecule has 1 aromatic heterocycles. The van der Waals surface area contributed by atoms with Crippen molar-refractivity contribution >= 4 is 22.8 Å². The Bertz CT molecular complexity index is 1120. The highest BCUT2D eigenvalue weighted by atomic mass is 16.5. The lowest BCUT2D eigenvalue weighted by Gasteiger charge is -2.21. The van der Waals surface area contributed by atoms with Crippen LogP contribution < -0.4 is 15.7 Å². The fourth-order valence-electron chi connectivity index (χ4n) is 3.25. The molecule has 1 N–H and O–H groups in total. The van der Waals surface area contributed by atoms with Crippen LogP contribution in [0.15, 0.2) is 63.8 Å². The molecule has 0 saturated carbocycles. The minimum atomic E-state index is -0.742. The molecule has 0 spiro atoms. The third-order valence-electron chi connectivity index (χ3n) is 5.16. The number of methoxy groups -OCH3 is 1. The summed E-state index contributed by atoms with van der Waals surface area (Å²) in [5.41, 5.74) is 1.53. The van der Waals surface area contributed by atoms with Crippen molar-refractivity contribution in [3.63, 3.8) is 0 Å². The van der Waals surface area contributed by atoms with E-state index in [1.54, 1.807) is 18.2 Å². The summed E-state index contributed by atoms with van der Waals surface area (Å²) in [6.45, 7) is 3.49. The van der Waals surface area contributed by atoms with E-state index in [9.17, 15) is 14.4 Å². The second-order valence-corrected chi connectivity index (χ2v) is 7.25. The molecule has 2 atom stereocenters. The Labute approximate surface area is 180 Å². The molecule has 0 unspecified atom stereocenters. The Kier molecular flexibility index (Phi) is 7.07. The molecular formula is C24H25NO6. The monoisotopic (exact) mass is 423 g/mol. The summed E-state index contributed by atoms with van der Waals surface area (Å²) < 4.78 is 15.7. The van der Waals surface area contributed by atoms with Crippen LogP contribution in [0.25, 0.3) is 22.1 Å². The van der Waals surface area contributed by atoms with Gasteiger partial charge in [0.25, 0.3) is 5.91 Å². The van der Waals surface area contributed by atoms with Gasteiger partial charge in [-0.3, -0.25) is 4.79 Å². The fraction of sp³-hybridized carbons (Fsp3) is 0.292. The molecule has 0 aliphatic rings. The van der Waals surface area contributed by atoms with Gasteiger partial charge in [-0.25, -0.2) is 9.59 Å². The van der Waals surface area contributed by atoms with Gasteiger partial charge >= 0.3 is 11.6 Å². The van der Waals surface area contributed by atoms with Gasteiger partial charge in [0, 0.05) is 17.5 Å². The van der Waals surface area contributed by atoms with Crippen LogP contribution in [0.4, 0.5) is 0 Å². The predicted molar refractivity (Wildman–Crippen MR) is 117 cm³/mol. The number of amides is 1. The van der Waals surface area contributed by atoms with Gasteiger partial charge < -0.3 is 19.2 Å². The maximum absolute atomic E-state index is 12.3. The van der Waals surface area contributed by atoms with Crippen LogP contribution in [0.3, 0.4) is 0 Å². The Balaban J connectivity index is 1.76. The Hall–Kier alpha value is -3.61. The smallest absolute Gasteiger partial charge is 0.336 e. The minimum Gasteiger partial charge on any atom is -0.484 e. The average Bonchev–Trinajstić information content (AvgIpc) is 2.79. The first-order chi connectivity index (χ1) is 14.9. The second kappa shape index (κ2) is 9.93. The van der Waals surface area contributed by atoms with Crippen molar-refractivity contribution < 1.29 is 23.5 Å². The Morgan fingerprint density at radius 3 is 2.52 bits per heavy atom. The maximum atomic E-state index is 12.3. The van der Waals surface area contributed by atoms with Crippen molar-refractivity contribution in [1.82, 2.24) is 5.32 Å². The molecule has 0 saturated heterocycles. The van der Waals surface area contributed by atoms with Gasteiger partial charge in [0.15, 0.2) is 6.61 Å². The lowest BCUT2D eigenvalue weighted by Crippen LogP contribution is -2.47. The van der Waals surface area contributed by atoms with Crippen LogP contribution in [0.5, 0.6) is 5.75 Å². The molecule has 0 fully saturated rings. The summed E-state index contributed by atoms with van der Waals surface area (Å²) in [5, 5.41) is 3.41. The highest BCUT2D eigenvalue weighted by Gasteiger charge is 2.26. The van der Waals surface area contributed by atoms with Crippen LogP contribution in [-0.2, 0) is 14.3 Å². The zero-order chi connectivity index (χ0) is 22.4. The molecular weight excluding hydrogens is 398 g/mol.